The lowest BCUT2D eigenvalue weighted by Crippen LogP contribution is -2.40. The molecule has 0 aliphatic heterocycles. The first kappa shape index (κ1) is 17.3. The fourth-order valence-electron chi connectivity index (χ4n) is 2.83. The van der Waals surface area contributed by atoms with Crippen molar-refractivity contribution in [3.8, 4) is 0 Å². The second kappa shape index (κ2) is 7.48. The van der Waals surface area contributed by atoms with Gasteiger partial charge in [-0.3, -0.25) is 9.59 Å². The molecule has 4 nitrogen and oxygen atoms in total. The number of hydrogen-bond donors (Lipinski definition) is 0. The van der Waals surface area contributed by atoms with Crippen molar-refractivity contribution in [2.45, 2.75) is 38.1 Å². The van der Waals surface area contributed by atoms with Crippen LogP contribution in [0, 0.1) is 17.5 Å². The molecular weight excluding hydrogens is 311 g/mol. The van der Waals surface area contributed by atoms with E-state index in [1.54, 1.807) is 0 Å². The Hall–Kier alpha value is -2.05. The van der Waals surface area contributed by atoms with E-state index in [1.807, 2.05) is 0 Å². The Balaban J connectivity index is 2.25. The number of carbonyl (C=O) groups is 2. The maximum Gasteiger partial charge on any atom is 0.307 e. The summed E-state index contributed by atoms with van der Waals surface area (Å²) in [6.07, 6.45) is 3.28. The van der Waals surface area contributed by atoms with E-state index in [1.165, 1.54) is 12.0 Å². The molecule has 1 aromatic carbocycles. The van der Waals surface area contributed by atoms with Gasteiger partial charge in [0.25, 0.3) is 5.91 Å². The molecule has 0 atom stereocenters. The quantitative estimate of drug-likeness (QED) is 0.616. The van der Waals surface area contributed by atoms with E-state index in [9.17, 15) is 22.8 Å². The minimum Gasteiger partial charge on any atom is -0.469 e. The highest BCUT2D eigenvalue weighted by Crippen LogP contribution is 2.26. The molecule has 0 saturated heterocycles. The summed E-state index contributed by atoms with van der Waals surface area (Å²) in [5.74, 6) is -5.75. The predicted octanol–water partition coefficient (Wildman–Crippen LogP) is 3.05. The number of amides is 1. The number of esters is 1. The summed E-state index contributed by atoms with van der Waals surface area (Å²) in [5, 5.41) is 0. The Bertz CT molecular complexity index is 600. The highest BCUT2D eigenvalue weighted by atomic mass is 19.2. The minimum atomic E-state index is -1.67. The molecule has 1 saturated carbocycles. The van der Waals surface area contributed by atoms with E-state index < -0.39 is 34.9 Å². The van der Waals surface area contributed by atoms with Gasteiger partial charge < -0.3 is 9.64 Å². The van der Waals surface area contributed by atoms with Gasteiger partial charge in [-0.25, -0.2) is 13.2 Å². The zero-order valence-corrected chi connectivity index (χ0v) is 12.8. The molecule has 7 heteroatoms. The average molecular weight is 329 g/mol. The molecule has 1 aliphatic rings. The van der Waals surface area contributed by atoms with E-state index in [0.717, 1.165) is 37.8 Å². The summed E-state index contributed by atoms with van der Waals surface area (Å²) in [7, 11) is 1.24. The molecule has 2 rings (SSSR count). The molecule has 126 valence electrons. The van der Waals surface area contributed by atoms with Crippen LogP contribution in [0.5, 0.6) is 0 Å². The van der Waals surface area contributed by atoms with Crippen LogP contribution in [-0.4, -0.2) is 36.5 Å². The molecule has 1 amide bonds. The first-order valence-corrected chi connectivity index (χ1v) is 7.47. The lowest BCUT2D eigenvalue weighted by molar-refractivity contribution is -0.140. The van der Waals surface area contributed by atoms with Crippen LogP contribution in [-0.2, 0) is 9.53 Å². The number of nitrogens with zero attached hydrogens (tertiary/aromatic N) is 1. The molecular formula is C16H18F3NO3. The lowest BCUT2D eigenvalue weighted by Gasteiger charge is -2.29. The van der Waals surface area contributed by atoms with Gasteiger partial charge in [-0.15, -0.1) is 0 Å². The SMILES string of the molecule is COC(=O)CCN(C(=O)c1ccc(F)c(F)c1F)C1CCCC1. The molecule has 0 aromatic heterocycles. The van der Waals surface area contributed by atoms with Crippen LogP contribution in [0.4, 0.5) is 13.2 Å². The van der Waals surface area contributed by atoms with Crippen LogP contribution < -0.4 is 0 Å². The van der Waals surface area contributed by atoms with Gasteiger partial charge in [0.05, 0.1) is 19.1 Å². The number of carbonyl (C=O) groups excluding carboxylic acids is 2. The monoisotopic (exact) mass is 329 g/mol. The topological polar surface area (TPSA) is 46.6 Å². The van der Waals surface area contributed by atoms with Gasteiger partial charge in [0.1, 0.15) is 0 Å². The molecule has 0 N–H and O–H groups in total. The van der Waals surface area contributed by atoms with Gasteiger partial charge in [0, 0.05) is 12.6 Å². The van der Waals surface area contributed by atoms with E-state index in [0.29, 0.717) is 0 Å². The van der Waals surface area contributed by atoms with Crippen LogP contribution in [0.15, 0.2) is 12.1 Å². The number of ether oxygens (including phenoxy) is 1. The Labute approximate surface area is 132 Å². The van der Waals surface area contributed by atoms with Crippen LogP contribution >= 0.6 is 0 Å². The van der Waals surface area contributed by atoms with Crippen molar-refractivity contribution in [1.29, 1.82) is 0 Å². The first-order chi connectivity index (χ1) is 11.0. The third kappa shape index (κ3) is 3.83. The Morgan fingerprint density at radius 2 is 1.83 bits per heavy atom. The molecule has 0 spiro atoms. The van der Waals surface area contributed by atoms with E-state index in [-0.39, 0.29) is 19.0 Å². The largest absolute Gasteiger partial charge is 0.469 e. The number of rotatable bonds is 5. The fraction of sp³-hybridized carbons (Fsp3) is 0.500. The Morgan fingerprint density at radius 3 is 2.43 bits per heavy atom. The maximum absolute atomic E-state index is 13.9. The summed E-state index contributed by atoms with van der Waals surface area (Å²) < 4.78 is 44.8. The molecule has 0 heterocycles. The van der Waals surface area contributed by atoms with Gasteiger partial charge in [0.2, 0.25) is 0 Å². The maximum atomic E-state index is 13.9. The second-order valence-electron chi connectivity index (χ2n) is 5.49. The standard InChI is InChI=1S/C16H18F3NO3/c1-23-13(21)8-9-20(10-4-2-3-5-10)16(22)11-6-7-12(17)15(19)14(11)18/h6-7,10H,2-5,8-9H2,1H3. The third-order valence-corrected chi connectivity index (χ3v) is 4.08. The van der Waals surface area contributed by atoms with Gasteiger partial charge >= 0.3 is 5.97 Å². The third-order valence-electron chi connectivity index (χ3n) is 4.08. The molecule has 23 heavy (non-hydrogen) atoms. The van der Waals surface area contributed by atoms with Gasteiger partial charge in [-0.1, -0.05) is 12.8 Å². The predicted molar refractivity (Wildman–Crippen MR) is 76.2 cm³/mol. The average Bonchev–Trinajstić information content (AvgIpc) is 3.06. The van der Waals surface area contributed by atoms with Crippen molar-refractivity contribution in [3.05, 3.63) is 35.1 Å². The first-order valence-electron chi connectivity index (χ1n) is 7.47. The van der Waals surface area contributed by atoms with Crippen molar-refractivity contribution in [3.63, 3.8) is 0 Å². The highest BCUT2D eigenvalue weighted by Gasteiger charge is 2.30. The summed E-state index contributed by atoms with van der Waals surface area (Å²) in [6, 6.07) is 1.51. The number of methoxy groups -OCH3 is 1. The summed E-state index contributed by atoms with van der Waals surface area (Å²) >= 11 is 0. The van der Waals surface area contributed by atoms with Gasteiger partial charge in [0.15, 0.2) is 17.5 Å². The van der Waals surface area contributed by atoms with E-state index >= 15 is 0 Å². The van der Waals surface area contributed by atoms with Crippen molar-refractivity contribution >= 4 is 11.9 Å². The zero-order valence-electron chi connectivity index (χ0n) is 12.8. The van der Waals surface area contributed by atoms with Crippen LogP contribution in [0.1, 0.15) is 42.5 Å². The molecule has 1 aromatic rings. The van der Waals surface area contributed by atoms with Crippen molar-refractivity contribution < 1.29 is 27.5 Å². The smallest absolute Gasteiger partial charge is 0.307 e. The van der Waals surface area contributed by atoms with Crippen molar-refractivity contribution in [2.24, 2.45) is 0 Å². The minimum absolute atomic E-state index is 0.0377. The number of halogens is 3. The van der Waals surface area contributed by atoms with Gasteiger partial charge in [-0.2, -0.15) is 0 Å². The molecule has 1 aliphatic carbocycles. The summed E-state index contributed by atoms with van der Waals surface area (Å²) in [5.41, 5.74) is -0.527. The van der Waals surface area contributed by atoms with Gasteiger partial charge in [-0.05, 0) is 25.0 Å². The fourth-order valence-corrected chi connectivity index (χ4v) is 2.83. The number of benzene rings is 1. The van der Waals surface area contributed by atoms with E-state index in [2.05, 4.69) is 4.74 Å². The van der Waals surface area contributed by atoms with Crippen LogP contribution in [0.2, 0.25) is 0 Å². The molecule has 0 bridgehead atoms. The summed E-state index contributed by atoms with van der Waals surface area (Å²) in [4.78, 5) is 25.2. The number of hydrogen-bond acceptors (Lipinski definition) is 3. The van der Waals surface area contributed by atoms with Crippen LogP contribution in [0.25, 0.3) is 0 Å². The second-order valence-corrected chi connectivity index (χ2v) is 5.49. The normalized spacial score (nSPS) is 14.8. The molecule has 0 unspecified atom stereocenters. The van der Waals surface area contributed by atoms with Crippen LogP contribution in [0.3, 0.4) is 0 Å². The molecule has 0 radical (unpaired) electrons. The van der Waals surface area contributed by atoms with E-state index in [4.69, 9.17) is 0 Å². The van der Waals surface area contributed by atoms with Crippen molar-refractivity contribution in [2.75, 3.05) is 13.7 Å². The highest BCUT2D eigenvalue weighted by molar-refractivity contribution is 5.95. The Morgan fingerprint density at radius 1 is 1.17 bits per heavy atom. The Kier molecular flexibility index (Phi) is 5.63. The summed E-state index contributed by atoms with van der Waals surface area (Å²) in [6.45, 7) is 0.0502. The van der Waals surface area contributed by atoms with Crippen molar-refractivity contribution in [1.82, 2.24) is 4.90 Å². The zero-order chi connectivity index (χ0) is 17.0. The lowest BCUT2D eigenvalue weighted by atomic mass is 10.1. The molecule has 1 fully saturated rings.